The normalized spacial score (nSPS) is 10.8. The maximum Gasteiger partial charge on any atom is 0.157 e. The minimum Gasteiger partial charge on any atom is -0.486 e. The van der Waals surface area contributed by atoms with Crippen LogP contribution in [0, 0.1) is 0 Å². The van der Waals surface area contributed by atoms with Crippen molar-refractivity contribution in [3.8, 4) is 5.75 Å². The van der Waals surface area contributed by atoms with Gasteiger partial charge in [0.05, 0.1) is 16.3 Å². The fourth-order valence-corrected chi connectivity index (χ4v) is 2.20. The predicted octanol–water partition coefficient (Wildman–Crippen LogP) is 4.38. The molecule has 19 heavy (non-hydrogen) atoms. The molecule has 0 fully saturated rings. The molecule has 2 aromatic rings. The van der Waals surface area contributed by atoms with Crippen molar-refractivity contribution in [2.24, 2.45) is 5.16 Å². The highest BCUT2D eigenvalue weighted by Crippen LogP contribution is 2.34. The molecule has 0 aliphatic rings. The highest BCUT2D eigenvalue weighted by molar-refractivity contribution is 6.37. The Bertz CT molecular complexity index is 562. The minimum absolute atomic E-state index is 0.373. The summed E-state index contributed by atoms with van der Waals surface area (Å²) >= 11 is 12.2. The Balaban J connectivity index is 2.17. The monoisotopic (exact) mass is 295 g/mol. The van der Waals surface area contributed by atoms with Crippen molar-refractivity contribution in [1.82, 2.24) is 0 Å². The lowest BCUT2D eigenvalue weighted by Gasteiger charge is -2.10. The number of hydrogen-bond donors (Lipinski definition) is 1. The van der Waals surface area contributed by atoms with Crippen LogP contribution in [0.3, 0.4) is 0 Å². The maximum atomic E-state index is 8.47. The third kappa shape index (κ3) is 3.63. The van der Waals surface area contributed by atoms with Crippen LogP contribution in [0.4, 0.5) is 0 Å². The van der Waals surface area contributed by atoms with Crippen LogP contribution in [0.1, 0.15) is 11.1 Å². The zero-order chi connectivity index (χ0) is 13.7. The molecule has 0 aromatic heterocycles. The van der Waals surface area contributed by atoms with Crippen molar-refractivity contribution in [3.63, 3.8) is 0 Å². The molecule has 0 aliphatic heterocycles. The third-order valence-electron chi connectivity index (χ3n) is 2.45. The van der Waals surface area contributed by atoms with Crippen molar-refractivity contribution in [2.75, 3.05) is 0 Å². The summed E-state index contributed by atoms with van der Waals surface area (Å²) in [5.41, 5.74) is 1.63. The Hall–Kier alpha value is -1.71. The Labute approximate surface area is 121 Å². The lowest BCUT2D eigenvalue weighted by molar-refractivity contribution is 0.306. The zero-order valence-electron chi connectivity index (χ0n) is 9.88. The topological polar surface area (TPSA) is 41.8 Å². The fraction of sp³-hybridized carbons (Fsp3) is 0.0714. The zero-order valence-corrected chi connectivity index (χ0v) is 11.4. The van der Waals surface area contributed by atoms with E-state index in [-0.39, 0.29) is 0 Å². The van der Waals surface area contributed by atoms with Gasteiger partial charge in [0, 0.05) is 0 Å². The van der Waals surface area contributed by atoms with Gasteiger partial charge in [0.15, 0.2) is 5.75 Å². The molecule has 98 valence electrons. The molecule has 1 N–H and O–H groups in total. The second-order valence-corrected chi connectivity index (χ2v) is 4.65. The summed E-state index contributed by atoms with van der Waals surface area (Å²) in [5.74, 6) is 0.419. The van der Waals surface area contributed by atoms with Crippen LogP contribution < -0.4 is 4.74 Å². The highest BCUT2D eigenvalue weighted by atomic mass is 35.5. The van der Waals surface area contributed by atoms with Gasteiger partial charge in [-0.05, 0) is 23.3 Å². The van der Waals surface area contributed by atoms with Gasteiger partial charge in [-0.1, -0.05) is 58.7 Å². The van der Waals surface area contributed by atoms with E-state index in [0.717, 1.165) is 5.56 Å². The van der Waals surface area contributed by atoms with Crippen molar-refractivity contribution < 1.29 is 9.94 Å². The first-order valence-corrected chi connectivity index (χ1v) is 6.29. The third-order valence-corrected chi connectivity index (χ3v) is 3.01. The first-order chi connectivity index (χ1) is 9.20. The van der Waals surface area contributed by atoms with E-state index in [1.807, 2.05) is 30.3 Å². The van der Waals surface area contributed by atoms with E-state index in [0.29, 0.717) is 28.0 Å². The molecule has 0 saturated heterocycles. The molecular weight excluding hydrogens is 285 g/mol. The quantitative estimate of drug-likeness (QED) is 0.517. The fourth-order valence-electron chi connectivity index (χ4n) is 1.59. The van der Waals surface area contributed by atoms with Gasteiger partial charge in [0.1, 0.15) is 6.61 Å². The van der Waals surface area contributed by atoms with Gasteiger partial charge in [-0.25, -0.2) is 0 Å². The molecule has 0 atom stereocenters. The van der Waals surface area contributed by atoms with Gasteiger partial charge in [-0.2, -0.15) is 0 Å². The van der Waals surface area contributed by atoms with Crippen LogP contribution in [0.2, 0.25) is 10.0 Å². The van der Waals surface area contributed by atoms with E-state index in [1.165, 1.54) is 6.21 Å². The summed E-state index contributed by atoms with van der Waals surface area (Å²) in [6.45, 7) is 0.383. The summed E-state index contributed by atoms with van der Waals surface area (Å²) in [6, 6.07) is 12.9. The smallest absolute Gasteiger partial charge is 0.157 e. The Morgan fingerprint density at radius 2 is 1.74 bits per heavy atom. The molecule has 0 radical (unpaired) electrons. The summed E-state index contributed by atoms with van der Waals surface area (Å²) in [6.07, 6.45) is 1.25. The van der Waals surface area contributed by atoms with Crippen LogP contribution >= 0.6 is 23.2 Å². The van der Waals surface area contributed by atoms with Crippen molar-refractivity contribution in [2.45, 2.75) is 6.61 Å². The number of oxime groups is 1. The second-order valence-electron chi connectivity index (χ2n) is 3.83. The van der Waals surface area contributed by atoms with Gasteiger partial charge in [0.25, 0.3) is 0 Å². The second kappa shape index (κ2) is 6.45. The van der Waals surface area contributed by atoms with Crippen LogP contribution in [-0.2, 0) is 6.61 Å². The molecule has 2 rings (SSSR count). The first-order valence-electron chi connectivity index (χ1n) is 5.54. The molecule has 0 saturated carbocycles. The summed E-state index contributed by atoms with van der Waals surface area (Å²) < 4.78 is 5.62. The van der Waals surface area contributed by atoms with Crippen molar-refractivity contribution >= 4 is 29.4 Å². The van der Waals surface area contributed by atoms with Crippen LogP contribution in [-0.4, -0.2) is 11.4 Å². The summed E-state index contributed by atoms with van der Waals surface area (Å²) in [7, 11) is 0. The van der Waals surface area contributed by atoms with Gasteiger partial charge >= 0.3 is 0 Å². The van der Waals surface area contributed by atoms with Gasteiger partial charge < -0.3 is 9.94 Å². The molecule has 0 heterocycles. The summed E-state index contributed by atoms with van der Waals surface area (Å²) in [4.78, 5) is 0. The molecule has 5 heteroatoms. The SMILES string of the molecule is O/N=C/c1cc(Cl)c(OCc2ccccc2)c(Cl)c1. The Kier molecular flexibility index (Phi) is 4.66. The Morgan fingerprint density at radius 3 is 2.32 bits per heavy atom. The number of rotatable bonds is 4. The number of halogens is 2. The molecule has 0 aliphatic carbocycles. The predicted molar refractivity (Wildman–Crippen MR) is 76.6 cm³/mol. The van der Waals surface area contributed by atoms with E-state index in [2.05, 4.69) is 5.16 Å². The molecule has 2 aromatic carbocycles. The van der Waals surface area contributed by atoms with Crippen LogP contribution in [0.25, 0.3) is 0 Å². The van der Waals surface area contributed by atoms with Gasteiger partial charge in [0.2, 0.25) is 0 Å². The lowest BCUT2D eigenvalue weighted by atomic mass is 10.2. The van der Waals surface area contributed by atoms with E-state index < -0.39 is 0 Å². The van der Waals surface area contributed by atoms with E-state index >= 15 is 0 Å². The van der Waals surface area contributed by atoms with Crippen LogP contribution in [0.5, 0.6) is 5.75 Å². The largest absolute Gasteiger partial charge is 0.486 e. The Morgan fingerprint density at radius 1 is 1.11 bits per heavy atom. The molecule has 3 nitrogen and oxygen atoms in total. The lowest BCUT2D eigenvalue weighted by Crippen LogP contribution is -1.97. The maximum absolute atomic E-state index is 8.47. The van der Waals surface area contributed by atoms with Gasteiger partial charge in [-0.3, -0.25) is 0 Å². The summed E-state index contributed by atoms with van der Waals surface area (Å²) in [5, 5.41) is 12.2. The molecule has 0 unspecified atom stereocenters. The molecule has 0 bridgehead atoms. The number of nitrogens with zero attached hydrogens (tertiary/aromatic N) is 1. The van der Waals surface area contributed by atoms with Crippen LogP contribution in [0.15, 0.2) is 47.6 Å². The average molecular weight is 296 g/mol. The van der Waals surface area contributed by atoms with Gasteiger partial charge in [-0.15, -0.1) is 0 Å². The number of hydrogen-bond acceptors (Lipinski definition) is 3. The van der Waals surface area contributed by atoms with Crippen molar-refractivity contribution in [3.05, 3.63) is 63.6 Å². The molecule has 0 spiro atoms. The van der Waals surface area contributed by atoms with E-state index in [9.17, 15) is 0 Å². The number of benzene rings is 2. The highest BCUT2D eigenvalue weighted by Gasteiger charge is 2.09. The molecular formula is C14H11Cl2NO2. The van der Waals surface area contributed by atoms with E-state index in [4.69, 9.17) is 33.1 Å². The van der Waals surface area contributed by atoms with E-state index in [1.54, 1.807) is 12.1 Å². The average Bonchev–Trinajstić information content (AvgIpc) is 2.39. The number of ether oxygens (including phenoxy) is 1. The minimum atomic E-state index is 0.373. The molecule has 0 amide bonds. The van der Waals surface area contributed by atoms with Crippen molar-refractivity contribution in [1.29, 1.82) is 0 Å². The first kappa shape index (κ1) is 13.7. The standard InChI is InChI=1S/C14H11Cl2NO2/c15-12-6-11(8-17-18)7-13(16)14(12)19-9-10-4-2-1-3-5-10/h1-8,18H,9H2/b17-8+.